The third-order valence-electron chi connectivity index (χ3n) is 4.90. The number of aliphatic imine (C=N–C) groups is 1. The second-order valence-electron chi connectivity index (χ2n) is 7.28. The van der Waals surface area contributed by atoms with Crippen LogP contribution in [-0.4, -0.2) is 36.9 Å². The van der Waals surface area contributed by atoms with Crippen molar-refractivity contribution in [2.45, 2.75) is 47.5 Å². The number of anilines is 2. The van der Waals surface area contributed by atoms with Gasteiger partial charge in [0.25, 0.3) is 0 Å². The minimum atomic E-state index is 0.823. The summed E-state index contributed by atoms with van der Waals surface area (Å²) in [6.07, 6.45) is 8.20. The fourth-order valence-electron chi connectivity index (χ4n) is 3.32. The van der Waals surface area contributed by atoms with Crippen molar-refractivity contribution in [1.82, 2.24) is 10.2 Å². The van der Waals surface area contributed by atoms with Gasteiger partial charge in [0, 0.05) is 36.1 Å². The van der Waals surface area contributed by atoms with Crippen LogP contribution in [0.2, 0.25) is 0 Å². The molecule has 0 aliphatic carbocycles. The zero-order valence-corrected chi connectivity index (χ0v) is 21.6. The van der Waals surface area contributed by atoms with Crippen LogP contribution in [0.15, 0.2) is 58.6 Å². The van der Waals surface area contributed by atoms with Gasteiger partial charge in [0.15, 0.2) is 0 Å². The molecule has 2 aromatic rings. The molecule has 4 rings (SSSR count). The van der Waals surface area contributed by atoms with Crippen molar-refractivity contribution >= 4 is 45.1 Å². The number of amidine groups is 1. The third kappa shape index (κ3) is 7.51. The van der Waals surface area contributed by atoms with E-state index >= 15 is 0 Å². The van der Waals surface area contributed by atoms with E-state index < -0.39 is 0 Å². The van der Waals surface area contributed by atoms with Gasteiger partial charge in [-0.25, -0.2) is 4.99 Å². The predicted molar refractivity (Wildman–Crippen MR) is 144 cm³/mol. The standard InChI is InChI=1S/C16H18N4S.C8H13Cl.C2H6/c1-11-10-12-15(20-8-6-17-7-9-20)18-13-4-2-3-5-14(13)19-16(12)21-11;1-3-5-6-7-8(9)4-2;1-2/h2-5,10,17,19H,6-9H2,1H3;4,6-7H,3,5H2,1-2H3;1-2H3/b;7-6-,8-4+;. The number of hydrogen-bond donors (Lipinski definition) is 2. The van der Waals surface area contributed by atoms with Gasteiger partial charge in [0.2, 0.25) is 0 Å². The van der Waals surface area contributed by atoms with Gasteiger partial charge in [-0.1, -0.05) is 63.1 Å². The third-order valence-corrected chi connectivity index (χ3v) is 6.21. The first-order valence-corrected chi connectivity index (χ1v) is 12.8. The van der Waals surface area contributed by atoms with Crippen LogP contribution in [0.4, 0.5) is 16.4 Å². The topological polar surface area (TPSA) is 39.7 Å². The summed E-state index contributed by atoms with van der Waals surface area (Å²) in [5.74, 6) is 1.10. The minimum Gasteiger partial charge on any atom is -0.353 e. The molecule has 1 fully saturated rings. The van der Waals surface area contributed by atoms with E-state index in [0.717, 1.165) is 54.8 Å². The van der Waals surface area contributed by atoms with Gasteiger partial charge in [0.05, 0.1) is 16.9 Å². The number of hydrogen-bond acceptors (Lipinski definition) is 5. The van der Waals surface area contributed by atoms with E-state index in [9.17, 15) is 0 Å². The summed E-state index contributed by atoms with van der Waals surface area (Å²) in [6, 6.07) is 10.5. The van der Waals surface area contributed by atoms with Crippen molar-refractivity contribution in [3.63, 3.8) is 0 Å². The molecule has 1 aromatic heterocycles. The van der Waals surface area contributed by atoms with Gasteiger partial charge in [-0.3, -0.25) is 0 Å². The number of aryl methyl sites for hydroxylation is 1. The van der Waals surface area contributed by atoms with E-state index in [4.69, 9.17) is 16.6 Å². The van der Waals surface area contributed by atoms with E-state index in [2.05, 4.69) is 59.7 Å². The number of nitrogens with one attached hydrogen (secondary N) is 2. The van der Waals surface area contributed by atoms with Gasteiger partial charge in [-0.2, -0.15) is 0 Å². The van der Waals surface area contributed by atoms with Crippen LogP contribution in [0.1, 0.15) is 51.0 Å². The Kier molecular flexibility index (Phi) is 11.6. The van der Waals surface area contributed by atoms with Crippen LogP contribution < -0.4 is 10.6 Å². The molecule has 0 bridgehead atoms. The van der Waals surface area contributed by atoms with Gasteiger partial charge >= 0.3 is 0 Å². The second kappa shape index (κ2) is 14.1. The number of para-hydroxylation sites is 2. The van der Waals surface area contributed by atoms with E-state index in [1.54, 1.807) is 11.3 Å². The van der Waals surface area contributed by atoms with Crippen LogP contribution >= 0.6 is 22.9 Å². The maximum absolute atomic E-state index is 5.68. The summed E-state index contributed by atoms with van der Waals surface area (Å²) in [7, 11) is 0. The summed E-state index contributed by atoms with van der Waals surface area (Å²) in [5.41, 5.74) is 3.34. The molecule has 174 valence electrons. The largest absolute Gasteiger partial charge is 0.353 e. The fraction of sp³-hybridized carbons (Fsp3) is 0.423. The van der Waals surface area contributed by atoms with Crippen molar-refractivity contribution < 1.29 is 0 Å². The number of thiophene rings is 1. The Balaban J connectivity index is 0.000000282. The molecule has 3 heterocycles. The number of rotatable bonds is 3. The average molecular weight is 473 g/mol. The van der Waals surface area contributed by atoms with E-state index in [-0.39, 0.29) is 0 Å². The first-order valence-electron chi connectivity index (χ1n) is 11.6. The zero-order valence-electron chi connectivity index (χ0n) is 20.0. The van der Waals surface area contributed by atoms with Crippen LogP contribution in [0, 0.1) is 6.92 Å². The Morgan fingerprint density at radius 2 is 1.94 bits per heavy atom. The number of allylic oxidation sites excluding steroid dienone is 4. The molecule has 1 aromatic carbocycles. The summed E-state index contributed by atoms with van der Waals surface area (Å²) in [4.78, 5) is 8.69. The van der Waals surface area contributed by atoms with E-state index in [1.807, 2.05) is 39.0 Å². The fourth-order valence-corrected chi connectivity index (χ4v) is 4.33. The van der Waals surface area contributed by atoms with Crippen molar-refractivity contribution in [2.75, 3.05) is 31.5 Å². The SMILES string of the molecule is C/C=C(Cl)\C=C/CCC.CC.Cc1cc2c(s1)Nc1ccccc1N=C2N1CCNCC1. The first-order chi connectivity index (χ1) is 15.6. The predicted octanol–water partition coefficient (Wildman–Crippen LogP) is 7.61. The molecule has 6 heteroatoms. The van der Waals surface area contributed by atoms with Gasteiger partial charge in [-0.15, -0.1) is 11.3 Å². The van der Waals surface area contributed by atoms with Crippen molar-refractivity contribution in [3.05, 3.63) is 64.0 Å². The molecular weight excluding hydrogens is 436 g/mol. The number of fused-ring (bicyclic) bond motifs is 2. The normalized spacial score (nSPS) is 15.2. The lowest BCUT2D eigenvalue weighted by Gasteiger charge is -2.30. The van der Waals surface area contributed by atoms with Crippen LogP contribution in [0.25, 0.3) is 0 Å². The molecule has 0 unspecified atom stereocenters. The van der Waals surface area contributed by atoms with Crippen LogP contribution in [0.5, 0.6) is 0 Å². The molecule has 0 radical (unpaired) electrons. The molecule has 0 atom stereocenters. The molecule has 0 amide bonds. The number of benzene rings is 1. The van der Waals surface area contributed by atoms with Gasteiger partial charge in [0.1, 0.15) is 10.8 Å². The zero-order chi connectivity index (χ0) is 23.3. The second-order valence-corrected chi connectivity index (χ2v) is 8.97. The summed E-state index contributed by atoms with van der Waals surface area (Å²) in [6.45, 7) is 14.3. The minimum absolute atomic E-state index is 0.823. The average Bonchev–Trinajstić information content (AvgIpc) is 3.12. The van der Waals surface area contributed by atoms with Crippen molar-refractivity contribution in [1.29, 1.82) is 0 Å². The Labute approximate surface area is 203 Å². The van der Waals surface area contributed by atoms with Crippen molar-refractivity contribution in [3.8, 4) is 0 Å². The molecular formula is C26H37ClN4S. The molecule has 0 spiro atoms. The Bertz CT molecular complexity index is 924. The molecule has 4 nitrogen and oxygen atoms in total. The van der Waals surface area contributed by atoms with Gasteiger partial charge in [-0.05, 0) is 44.5 Å². The molecule has 2 N–H and O–H groups in total. The molecule has 32 heavy (non-hydrogen) atoms. The highest BCUT2D eigenvalue weighted by atomic mass is 35.5. The summed E-state index contributed by atoms with van der Waals surface area (Å²) in [5, 5.41) is 8.99. The summed E-state index contributed by atoms with van der Waals surface area (Å²) >= 11 is 7.48. The highest BCUT2D eigenvalue weighted by Gasteiger charge is 2.24. The number of nitrogens with zero attached hydrogens (tertiary/aromatic N) is 2. The Morgan fingerprint density at radius 3 is 2.62 bits per heavy atom. The molecule has 2 aliphatic heterocycles. The monoisotopic (exact) mass is 472 g/mol. The maximum Gasteiger partial charge on any atom is 0.139 e. The Morgan fingerprint density at radius 1 is 1.22 bits per heavy atom. The van der Waals surface area contributed by atoms with E-state index in [0.29, 0.717) is 0 Å². The number of piperazine rings is 1. The molecule has 2 aliphatic rings. The first kappa shape index (κ1) is 26.2. The maximum atomic E-state index is 5.68. The van der Waals surface area contributed by atoms with Gasteiger partial charge < -0.3 is 15.5 Å². The molecule has 1 saturated heterocycles. The van der Waals surface area contributed by atoms with Crippen molar-refractivity contribution in [2.24, 2.45) is 4.99 Å². The van der Waals surface area contributed by atoms with E-state index in [1.165, 1.54) is 21.9 Å². The lowest BCUT2D eigenvalue weighted by Crippen LogP contribution is -2.46. The smallest absolute Gasteiger partial charge is 0.139 e. The quantitative estimate of drug-likeness (QED) is 0.451. The van der Waals surface area contributed by atoms with Crippen LogP contribution in [-0.2, 0) is 0 Å². The summed E-state index contributed by atoms with van der Waals surface area (Å²) < 4.78 is 0. The lowest BCUT2D eigenvalue weighted by atomic mass is 10.2. The highest BCUT2D eigenvalue weighted by Crippen LogP contribution is 2.38. The lowest BCUT2D eigenvalue weighted by molar-refractivity contribution is 0.358. The highest BCUT2D eigenvalue weighted by molar-refractivity contribution is 7.16. The van der Waals surface area contributed by atoms with Crippen LogP contribution in [0.3, 0.4) is 0 Å². The Hall–Kier alpha value is -2.08. The number of unbranched alkanes of at least 4 members (excludes halogenated alkanes) is 1. The molecule has 0 saturated carbocycles. The number of halogens is 1.